The van der Waals surface area contributed by atoms with E-state index in [1.54, 1.807) is 0 Å². The second-order valence-electron chi connectivity index (χ2n) is 7.98. The van der Waals surface area contributed by atoms with Crippen molar-refractivity contribution in [2.45, 2.75) is 72.4 Å². The summed E-state index contributed by atoms with van der Waals surface area (Å²) in [6.45, 7) is 15.2. The van der Waals surface area contributed by atoms with E-state index in [0.29, 0.717) is 5.92 Å². The quantitative estimate of drug-likeness (QED) is 0.510. The third-order valence-electron chi connectivity index (χ3n) is 5.21. The average molecular weight is 317 g/mol. The van der Waals surface area contributed by atoms with E-state index in [4.69, 9.17) is 5.84 Å². The number of aryl methyl sites for hydroxylation is 2. The summed E-state index contributed by atoms with van der Waals surface area (Å²) in [5.74, 6) is 6.01. The van der Waals surface area contributed by atoms with E-state index in [0.717, 1.165) is 6.42 Å². The lowest BCUT2D eigenvalue weighted by Gasteiger charge is -2.51. The summed E-state index contributed by atoms with van der Waals surface area (Å²) in [6.07, 6.45) is 1.02. The highest BCUT2D eigenvalue weighted by molar-refractivity contribution is 5.86. The summed E-state index contributed by atoms with van der Waals surface area (Å²) in [4.78, 5) is 14.8. The molecule has 2 atom stereocenters. The highest BCUT2D eigenvalue weighted by Crippen LogP contribution is 2.46. The number of nitrogens with one attached hydrogen (secondary N) is 1. The molecule has 0 spiro atoms. The largest absolute Gasteiger partial charge is 0.354 e. The van der Waals surface area contributed by atoms with E-state index in [-0.39, 0.29) is 23.4 Å². The Kier molecular flexibility index (Phi) is 4.76. The van der Waals surface area contributed by atoms with Crippen molar-refractivity contribution in [2.24, 2.45) is 11.8 Å². The van der Waals surface area contributed by atoms with Gasteiger partial charge in [-0.1, -0.05) is 26.8 Å². The zero-order valence-electron chi connectivity index (χ0n) is 15.5. The van der Waals surface area contributed by atoms with Crippen LogP contribution in [0.2, 0.25) is 0 Å². The van der Waals surface area contributed by atoms with Gasteiger partial charge in [-0.15, -0.1) is 0 Å². The minimum atomic E-state index is -0.275. The predicted octanol–water partition coefficient (Wildman–Crippen LogP) is 3.41. The first-order valence-corrected chi connectivity index (χ1v) is 8.51. The number of carbonyl (C=O) groups is 1. The van der Waals surface area contributed by atoms with Crippen molar-refractivity contribution in [1.82, 2.24) is 5.43 Å². The molecule has 2 rings (SSSR count). The molecule has 0 saturated carbocycles. The number of carbonyl (C=O) groups excluding carboxylic acids is 1. The molecule has 0 bridgehead atoms. The van der Waals surface area contributed by atoms with Gasteiger partial charge in [-0.05, 0) is 68.7 Å². The number of hydrazine groups is 1. The van der Waals surface area contributed by atoms with Crippen LogP contribution in [0.3, 0.4) is 0 Å². The van der Waals surface area contributed by atoms with Gasteiger partial charge in [0, 0.05) is 11.2 Å². The number of nitrogens with zero attached hydrogens (tertiary/aromatic N) is 1. The number of benzene rings is 1. The van der Waals surface area contributed by atoms with Crippen molar-refractivity contribution in [3.63, 3.8) is 0 Å². The van der Waals surface area contributed by atoms with Crippen LogP contribution in [0.1, 0.15) is 63.6 Å². The van der Waals surface area contributed by atoms with Gasteiger partial charge in [0.15, 0.2) is 0 Å². The molecular weight excluding hydrogens is 286 g/mol. The monoisotopic (exact) mass is 317 g/mol. The molecule has 1 amide bonds. The fourth-order valence-corrected chi connectivity index (χ4v) is 4.04. The van der Waals surface area contributed by atoms with E-state index in [1.807, 2.05) is 0 Å². The standard InChI is InChI=1S/C19H31N3O/c1-11(2)17(18(23)21-20)22-16-9-13(4)12(3)8-15(16)14(5)10-19(22,6)7/h8-9,11,14,17H,10,20H2,1-7H3,(H,21,23). The Morgan fingerprint density at radius 3 is 2.39 bits per heavy atom. The summed E-state index contributed by atoms with van der Waals surface area (Å²) in [5, 5.41) is 0. The summed E-state index contributed by atoms with van der Waals surface area (Å²) in [5.41, 5.74) is 7.35. The molecule has 0 aromatic heterocycles. The second kappa shape index (κ2) is 6.16. The minimum Gasteiger partial charge on any atom is -0.354 e. The van der Waals surface area contributed by atoms with Crippen LogP contribution in [0.15, 0.2) is 12.1 Å². The van der Waals surface area contributed by atoms with Crippen molar-refractivity contribution in [3.05, 3.63) is 28.8 Å². The van der Waals surface area contributed by atoms with Crippen LogP contribution >= 0.6 is 0 Å². The van der Waals surface area contributed by atoms with Crippen LogP contribution in [0.25, 0.3) is 0 Å². The SMILES string of the molecule is Cc1cc2c(cc1C)N(C(C(=O)NN)C(C)C)C(C)(C)CC2C. The van der Waals surface area contributed by atoms with Crippen LogP contribution in [-0.4, -0.2) is 17.5 Å². The van der Waals surface area contributed by atoms with E-state index < -0.39 is 0 Å². The Morgan fingerprint density at radius 1 is 1.30 bits per heavy atom. The maximum Gasteiger partial charge on any atom is 0.256 e. The Bertz CT molecular complexity index is 607. The topological polar surface area (TPSA) is 58.4 Å². The van der Waals surface area contributed by atoms with Crippen molar-refractivity contribution < 1.29 is 4.79 Å². The molecule has 1 aromatic rings. The first-order chi connectivity index (χ1) is 10.6. The summed E-state index contributed by atoms with van der Waals surface area (Å²) in [6, 6.07) is 4.25. The molecular formula is C19H31N3O. The highest BCUT2D eigenvalue weighted by Gasteiger charge is 2.43. The Balaban J connectivity index is 2.67. The molecule has 0 aliphatic carbocycles. The first kappa shape index (κ1) is 17.8. The highest BCUT2D eigenvalue weighted by atomic mass is 16.2. The van der Waals surface area contributed by atoms with Gasteiger partial charge in [-0.25, -0.2) is 5.84 Å². The van der Waals surface area contributed by atoms with E-state index >= 15 is 0 Å². The fraction of sp³-hybridized carbons (Fsp3) is 0.632. The van der Waals surface area contributed by atoms with Crippen molar-refractivity contribution in [2.75, 3.05) is 4.90 Å². The molecule has 1 aliphatic heterocycles. The van der Waals surface area contributed by atoms with Gasteiger partial charge in [-0.2, -0.15) is 0 Å². The molecule has 0 radical (unpaired) electrons. The molecule has 128 valence electrons. The van der Waals surface area contributed by atoms with Crippen molar-refractivity contribution in [1.29, 1.82) is 0 Å². The minimum absolute atomic E-state index is 0.102. The van der Waals surface area contributed by atoms with E-state index in [2.05, 4.69) is 70.9 Å². The molecule has 0 fully saturated rings. The lowest BCUT2D eigenvalue weighted by molar-refractivity contribution is -0.123. The number of fused-ring (bicyclic) bond motifs is 1. The number of nitrogens with two attached hydrogens (primary N) is 1. The van der Waals surface area contributed by atoms with Crippen LogP contribution in [0.4, 0.5) is 5.69 Å². The molecule has 4 nitrogen and oxygen atoms in total. The summed E-state index contributed by atoms with van der Waals surface area (Å²) in [7, 11) is 0. The molecule has 2 unspecified atom stereocenters. The summed E-state index contributed by atoms with van der Waals surface area (Å²) < 4.78 is 0. The number of amides is 1. The molecule has 3 N–H and O–H groups in total. The Hall–Kier alpha value is -1.55. The maximum atomic E-state index is 12.5. The smallest absolute Gasteiger partial charge is 0.256 e. The molecule has 0 saturated heterocycles. The van der Waals surface area contributed by atoms with Crippen LogP contribution in [-0.2, 0) is 4.79 Å². The fourth-order valence-electron chi connectivity index (χ4n) is 4.04. The lowest BCUT2D eigenvalue weighted by Crippen LogP contribution is -2.61. The predicted molar refractivity (Wildman–Crippen MR) is 96.5 cm³/mol. The third kappa shape index (κ3) is 3.09. The van der Waals surface area contributed by atoms with Gasteiger partial charge >= 0.3 is 0 Å². The zero-order chi connectivity index (χ0) is 17.5. The third-order valence-corrected chi connectivity index (χ3v) is 5.21. The van der Waals surface area contributed by atoms with Gasteiger partial charge in [0.1, 0.15) is 6.04 Å². The van der Waals surface area contributed by atoms with Crippen LogP contribution in [0.5, 0.6) is 0 Å². The lowest BCUT2D eigenvalue weighted by atomic mass is 9.77. The number of anilines is 1. The number of hydrogen-bond donors (Lipinski definition) is 2. The normalized spacial score (nSPS) is 21.1. The molecule has 1 aliphatic rings. The van der Waals surface area contributed by atoms with E-state index in [9.17, 15) is 4.79 Å². The number of hydrogen-bond acceptors (Lipinski definition) is 3. The molecule has 23 heavy (non-hydrogen) atoms. The summed E-state index contributed by atoms with van der Waals surface area (Å²) >= 11 is 0. The van der Waals surface area contributed by atoms with Gasteiger partial charge in [0.2, 0.25) is 0 Å². The van der Waals surface area contributed by atoms with Crippen LogP contribution < -0.4 is 16.2 Å². The van der Waals surface area contributed by atoms with Crippen LogP contribution in [0, 0.1) is 19.8 Å². The van der Waals surface area contributed by atoms with E-state index in [1.165, 1.54) is 22.4 Å². The number of rotatable bonds is 3. The van der Waals surface area contributed by atoms with Gasteiger partial charge in [0.25, 0.3) is 5.91 Å². The molecule has 1 aromatic carbocycles. The first-order valence-electron chi connectivity index (χ1n) is 8.51. The van der Waals surface area contributed by atoms with Crippen molar-refractivity contribution >= 4 is 11.6 Å². The zero-order valence-corrected chi connectivity index (χ0v) is 15.5. The Morgan fingerprint density at radius 2 is 1.87 bits per heavy atom. The average Bonchev–Trinajstić information content (AvgIpc) is 2.44. The maximum absolute atomic E-state index is 12.5. The van der Waals surface area contributed by atoms with Gasteiger partial charge in [-0.3, -0.25) is 10.2 Å². The molecule has 1 heterocycles. The Labute approximate surface area is 140 Å². The second-order valence-corrected chi connectivity index (χ2v) is 7.98. The molecule has 4 heteroatoms. The van der Waals surface area contributed by atoms with Gasteiger partial charge < -0.3 is 4.90 Å². The van der Waals surface area contributed by atoms with Crippen molar-refractivity contribution in [3.8, 4) is 0 Å². The van der Waals surface area contributed by atoms with Gasteiger partial charge in [0.05, 0.1) is 0 Å².